The molecule has 17 heavy (non-hydrogen) atoms. The average molecular weight is 236 g/mol. The van der Waals surface area contributed by atoms with Gasteiger partial charge in [0.15, 0.2) is 0 Å². The molecule has 0 aliphatic carbocycles. The number of rotatable bonds is 7. The molecule has 0 amide bonds. The van der Waals surface area contributed by atoms with E-state index in [2.05, 4.69) is 43.1 Å². The van der Waals surface area contributed by atoms with E-state index < -0.39 is 0 Å². The van der Waals surface area contributed by atoms with Crippen LogP contribution in [0.1, 0.15) is 31.9 Å². The van der Waals surface area contributed by atoms with Crippen molar-refractivity contribution in [1.82, 2.24) is 0 Å². The van der Waals surface area contributed by atoms with Gasteiger partial charge in [0.2, 0.25) is 0 Å². The molecule has 0 saturated carbocycles. The van der Waals surface area contributed by atoms with Crippen molar-refractivity contribution in [3.05, 3.63) is 29.8 Å². The number of ether oxygens (including phenoxy) is 1. The Hall–Kier alpha value is -1.06. The zero-order valence-electron chi connectivity index (χ0n) is 11.1. The zero-order valence-corrected chi connectivity index (χ0v) is 11.1. The minimum absolute atomic E-state index is 0.151. The number of nitrogens with two attached hydrogens (primary N) is 1. The van der Waals surface area contributed by atoms with E-state index in [0.29, 0.717) is 0 Å². The first-order valence-electron chi connectivity index (χ1n) is 6.33. The van der Waals surface area contributed by atoms with E-state index in [0.717, 1.165) is 26.2 Å². The van der Waals surface area contributed by atoms with Gasteiger partial charge in [0.25, 0.3) is 0 Å². The van der Waals surface area contributed by atoms with Gasteiger partial charge in [0, 0.05) is 31.9 Å². The van der Waals surface area contributed by atoms with E-state index in [1.807, 2.05) is 6.92 Å². The molecule has 0 heterocycles. The smallest absolute Gasteiger partial charge is 0.0641 e. The summed E-state index contributed by atoms with van der Waals surface area (Å²) >= 11 is 0. The van der Waals surface area contributed by atoms with Crippen LogP contribution < -0.4 is 10.6 Å². The van der Waals surface area contributed by atoms with Crippen LogP contribution >= 0.6 is 0 Å². The Kier molecular flexibility index (Phi) is 6.01. The Morgan fingerprint density at radius 3 is 2.41 bits per heavy atom. The molecule has 1 rings (SSSR count). The summed E-state index contributed by atoms with van der Waals surface area (Å²) in [5, 5.41) is 0. The molecule has 3 nitrogen and oxygen atoms in total. The van der Waals surface area contributed by atoms with Crippen molar-refractivity contribution in [1.29, 1.82) is 0 Å². The Labute approximate surface area is 105 Å². The van der Waals surface area contributed by atoms with Crippen LogP contribution in [0.2, 0.25) is 0 Å². The van der Waals surface area contributed by atoms with Crippen LogP contribution in [-0.2, 0) is 4.74 Å². The lowest BCUT2D eigenvalue weighted by Crippen LogP contribution is -2.22. The number of likely N-dealkylation sites (N-methyl/N-ethyl adjacent to an activating group) is 1. The van der Waals surface area contributed by atoms with E-state index in [-0.39, 0.29) is 6.04 Å². The van der Waals surface area contributed by atoms with Gasteiger partial charge < -0.3 is 15.4 Å². The topological polar surface area (TPSA) is 38.5 Å². The molecular formula is C14H24N2O. The number of benzene rings is 1. The first kappa shape index (κ1) is 14.0. The molecule has 0 radical (unpaired) electrons. The summed E-state index contributed by atoms with van der Waals surface area (Å²) in [5.74, 6) is 0. The van der Waals surface area contributed by atoms with Crippen molar-refractivity contribution in [3.8, 4) is 0 Å². The Balaban J connectivity index is 2.54. The van der Waals surface area contributed by atoms with Crippen LogP contribution in [-0.4, -0.2) is 26.8 Å². The van der Waals surface area contributed by atoms with Crippen LogP contribution in [0.3, 0.4) is 0 Å². The lowest BCUT2D eigenvalue weighted by Gasteiger charge is -2.20. The van der Waals surface area contributed by atoms with Gasteiger partial charge in [-0.15, -0.1) is 0 Å². The van der Waals surface area contributed by atoms with Gasteiger partial charge in [-0.25, -0.2) is 0 Å². The number of nitrogens with zero attached hydrogens (tertiary/aromatic N) is 1. The highest BCUT2D eigenvalue weighted by Crippen LogP contribution is 2.18. The maximum atomic E-state index is 5.99. The van der Waals surface area contributed by atoms with Gasteiger partial charge in [0.05, 0.1) is 6.61 Å². The van der Waals surface area contributed by atoms with Crippen molar-refractivity contribution in [3.63, 3.8) is 0 Å². The highest BCUT2D eigenvalue weighted by atomic mass is 16.5. The lowest BCUT2D eigenvalue weighted by molar-refractivity contribution is 0.154. The quantitative estimate of drug-likeness (QED) is 0.739. The molecule has 2 N–H and O–H groups in total. The standard InChI is InChI=1S/C14H24N2O/c1-4-14(15)12-6-8-13(9-7-12)16(3)10-11-17-5-2/h6-9,14H,4-5,10-11,15H2,1-3H3/t14-/m0/s1. The van der Waals surface area contributed by atoms with Gasteiger partial charge in [-0.3, -0.25) is 0 Å². The monoisotopic (exact) mass is 236 g/mol. The molecule has 0 aromatic heterocycles. The molecule has 1 atom stereocenters. The summed E-state index contributed by atoms with van der Waals surface area (Å²) in [6, 6.07) is 8.62. The predicted octanol–water partition coefficient (Wildman–Crippen LogP) is 2.57. The Bertz CT molecular complexity index is 311. The zero-order chi connectivity index (χ0) is 12.7. The van der Waals surface area contributed by atoms with Crippen molar-refractivity contribution in [2.24, 2.45) is 5.73 Å². The fraction of sp³-hybridized carbons (Fsp3) is 0.571. The highest BCUT2D eigenvalue weighted by molar-refractivity contribution is 5.47. The third-order valence-electron chi connectivity index (χ3n) is 2.98. The second-order valence-corrected chi connectivity index (χ2v) is 4.22. The van der Waals surface area contributed by atoms with E-state index in [1.54, 1.807) is 0 Å². The van der Waals surface area contributed by atoms with Crippen LogP contribution in [0.5, 0.6) is 0 Å². The van der Waals surface area contributed by atoms with Crippen molar-refractivity contribution >= 4 is 5.69 Å². The number of hydrogen-bond acceptors (Lipinski definition) is 3. The summed E-state index contributed by atoms with van der Waals surface area (Å²) in [6.07, 6.45) is 0.972. The van der Waals surface area contributed by atoms with E-state index in [9.17, 15) is 0 Å². The number of hydrogen-bond donors (Lipinski definition) is 1. The van der Waals surface area contributed by atoms with E-state index in [1.165, 1.54) is 11.3 Å². The molecule has 3 heteroatoms. The fourth-order valence-electron chi connectivity index (χ4n) is 1.69. The Morgan fingerprint density at radius 2 is 1.88 bits per heavy atom. The third-order valence-corrected chi connectivity index (χ3v) is 2.98. The average Bonchev–Trinajstić information content (AvgIpc) is 2.38. The SMILES string of the molecule is CCOCCN(C)c1ccc([C@@H](N)CC)cc1. The summed E-state index contributed by atoms with van der Waals surface area (Å²) < 4.78 is 5.34. The molecule has 0 aliphatic heterocycles. The van der Waals surface area contributed by atoms with Gasteiger partial charge in [-0.05, 0) is 31.0 Å². The fourth-order valence-corrected chi connectivity index (χ4v) is 1.69. The normalized spacial score (nSPS) is 12.5. The third kappa shape index (κ3) is 4.36. The van der Waals surface area contributed by atoms with E-state index >= 15 is 0 Å². The van der Waals surface area contributed by atoms with Crippen molar-refractivity contribution < 1.29 is 4.74 Å². The van der Waals surface area contributed by atoms with Gasteiger partial charge in [0.1, 0.15) is 0 Å². The van der Waals surface area contributed by atoms with E-state index in [4.69, 9.17) is 10.5 Å². The van der Waals surface area contributed by atoms with Gasteiger partial charge in [-0.2, -0.15) is 0 Å². The first-order valence-corrected chi connectivity index (χ1v) is 6.33. The summed E-state index contributed by atoms with van der Waals surface area (Å²) in [4.78, 5) is 2.19. The summed E-state index contributed by atoms with van der Waals surface area (Å²) in [5.41, 5.74) is 8.39. The molecule has 0 fully saturated rings. The molecule has 96 valence electrons. The molecule has 0 spiro atoms. The molecule has 0 bridgehead atoms. The maximum absolute atomic E-state index is 5.99. The predicted molar refractivity (Wildman–Crippen MR) is 73.4 cm³/mol. The molecule has 0 unspecified atom stereocenters. The largest absolute Gasteiger partial charge is 0.380 e. The second kappa shape index (κ2) is 7.30. The Morgan fingerprint density at radius 1 is 1.24 bits per heavy atom. The lowest BCUT2D eigenvalue weighted by atomic mass is 10.1. The number of anilines is 1. The summed E-state index contributed by atoms with van der Waals surface area (Å²) in [6.45, 7) is 6.57. The van der Waals surface area contributed by atoms with Crippen molar-refractivity contribution in [2.75, 3.05) is 31.7 Å². The minimum Gasteiger partial charge on any atom is -0.380 e. The van der Waals surface area contributed by atoms with Crippen LogP contribution in [0.25, 0.3) is 0 Å². The van der Waals surface area contributed by atoms with Crippen LogP contribution in [0.4, 0.5) is 5.69 Å². The second-order valence-electron chi connectivity index (χ2n) is 4.22. The molecule has 0 saturated heterocycles. The highest BCUT2D eigenvalue weighted by Gasteiger charge is 2.04. The molecular weight excluding hydrogens is 212 g/mol. The molecule has 1 aromatic rings. The summed E-state index contributed by atoms with van der Waals surface area (Å²) in [7, 11) is 2.08. The van der Waals surface area contributed by atoms with Crippen molar-refractivity contribution in [2.45, 2.75) is 26.3 Å². The van der Waals surface area contributed by atoms with Gasteiger partial charge in [-0.1, -0.05) is 19.1 Å². The van der Waals surface area contributed by atoms with Crippen LogP contribution in [0, 0.1) is 0 Å². The van der Waals surface area contributed by atoms with Crippen LogP contribution in [0.15, 0.2) is 24.3 Å². The molecule has 1 aromatic carbocycles. The minimum atomic E-state index is 0.151. The van der Waals surface area contributed by atoms with Gasteiger partial charge >= 0.3 is 0 Å². The molecule has 0 aliphatic rings. The maximum Gasteiger partial charge on any atom is 0.0641 e. The first-order chi connectivity index (χ1) is 8.19.